The number of amides is 1. The fraction of sp³-hybridized carbons (Fsp3) is 0.300. The van der Waals surface area contributed by atoms with Crippen LogP contribution in [0.15, 0.2) is 48.5 Å². The molecular weight excluding hydrogens is 334 g/mol. The number of anilines is 1. The van der Waals surface area contributed by atoms with Crippen LogP contribution in [0.1, 0.15) is 24.2 Å². The fourth-order valence-corrected chi connectivity index (χ4v) is 2.62. The Morgan fingerprint density at radius 1 is 0.962 bits per heavy atom. The van der Waals surface area contributed by atoms with Crippen molar-refractivity contribution in [3.05, 3.63) is 54.1 Å². The summed E-state index contributed by atoms with van der Waals surface area (Å²) in [7, 11) is 2.91. The number of para-hydroxylation sites is 1. The number of esters is 1. The molecule has 2 rings (SSSR count). The van der Waals surface area contributed by atoms with Crippen molar-refractivity contribution in [1.29, 1.82) is 0 Å². The molecule has 0 saturated carbocycles. The summed E-state index contributed by atoms with van der Waals surface area (Å²) >= 11 is 0. The number of hydrogen-bond donors (Lipinski definition) is 0. The maximum atomic E-state index is 12.7. The van der Waals surface area contributed by atoms with Crippen molar-refractivity contribution in [2.24, 2.45) is 0 Å². The second-order valence-corrected chi connectivity index (χ2v) is 5.50. The Bertz CT molecular complexity index is 738. The van der Waals surface area contributed by atoms with Gasteiger partial charge in [-0.3, -0.25) is 4.79 Å². The molecule has 2 aromatic carbocycles. The molecule has 0 aliphatic rings. The first-order chi connectivity index (χ1) is 12.5. The fourth-order valence-electron chi connectivity index (χ4n) is 2.62. The number of hydrogen-bond acceptors (Lipinski definition) is 5. The molecule has 0 aliphatic heterocycles. The summed E-state index contributed by atoms with van der Waals surface area (Å²) in [5, 5.41) is 0. The molecule has 0 N–H and O–H groups in total. The van der Waals surface area contributed by atoms with Gasteiger partial charge in [-0.25, -0.2) is 4.79 Å². The quantitative estimate of drug-likeness (QED) is 0.712. The van der Waals surface area contributed by atoms with Crippen LogP contribution >= 0.6 is 0 Å². The minimum absolute atomic E-state index is 0.153. The number of carbonyl (C=O) groups excluding carboxylic acids is 2. The number of benzene rings is 2. The molecule has 0 fully saturated rings. The Labute approximate surface area is 153 Å². The second-order valence-electron chi connectivity index (χ2n) is 5.50. The number of carbonyl (C=O) groups is 2. The van der Waals surface area contributed by atoms with Crippen LogP contribution in [0.25, 0.3) is 0 Å². The average molecular weight is 357 g/mol. The Morgan fingerprint density at radius 2 is 1.54 bits per heavy atom. The van der Waals surface area contributed by atoms with Gasteiger partial charge in [0.1, 0.15) is 17.1 Å². The summed E-state index contributed by atoms with van der Waals surface area (Å²) in [5.74, 6) is -0.334. The topological polar surface area (TPSA) is 65.1 Å². The molecule has 0 spiro atoms. The predicted octanol–water partition coefficient (Wildman–Crippen LogP) is 3.30. The molecule has 0 radical (unpaired) electrons. The highest BCUT2D eigenvalue weighted by atomic mass is 16.6. The van der Waals surface area contributed by atoms with Crippen LogP contribution in [0, 0.1) is 0 Å². The van der Waals surface area contributed by atoms with Gasteiger partial charge in [-0.2, -0.15) is 0 Å². The van der Waals surface area contributed by atoms with Crippen molar-refractivity contribution in [2.75, 3.05) is 25.7 Å². The number of methoxy groups -OCH3 is 2. The number of likely N-dealkylation sites (N-methyl/N-ethyl adjacent to an activating group) is 1. The molecular formula is C20H23NO5. The van der Waals surface area contributed by atoms with Crippen LogP contribution in [0.3, 0.4) is 0 Å². The highest BCUT2D eigenvalue weighted by Crippen LogP contribution is 2.29. The highest BCUT2D eigenvalue weighted by molar-refractivity contribution is 6.00. The molecule has 0 aromatic heterocycles. The molecule has 0 saturated heterocycles. The molecule has 0 bridgehead atoms. The Hall–Kier alpha value is -3.02. The highest BCUT2D eigenvalue weighted by Gasteiger charge is 2.27. The minimum Gasteiger partial charge on any atom is -0.496 e. The number of rotatable bonds is 7. The van der Waals surface area contributed by atoms with Crippen LogP contribution in [0.5, 0.6) is 11.5 Å². The van der Waals surface area contributed by atoms with Crippen LogP contribution in [0.2, 0.25) is 0 Å². The van der Waals surface area contributed by atoms with Crippen molar-refractivity contribution < 1.29 is 23.8 Å². The first-order valence-corrected chi connectivity index (χ1v) is 8.31. The van der Waals surface area contributed by atoms with E-state index in [2.05, 4.69) is 0 Å². The molecule has 1 atom stereocenters. The van der Waals surface area contributed by atoms with Crippen molar-refractivity contribution in [1.82, 2.24) is 0 Å². The van der Waals surface area contributed by atoms with Crippen molar-refractivity contribution in [2.45, 2.75) is 20.0 Å². The largest absolute Gasteiger partial charge is 0.496 e. The first-order valence-electron chi connectivity index (χ1n) is 8.31. The molecule has 26 heavy (non-hydrogen) atoms. The number of nitrogens with zero attached hydrogens (tertiary/aromatic N) is 1. The summed E-state index contributed by atoms with van der Waals surface area (Å²) < 4.78 is 15.8. The van der Waals surface area contributed by atoms with Crippen LogP contribution in [-0.4, -0.2) is 38.7 Å². The predicted molar refractivity (Wildman–Crippen MR) is 98.9 cm³/mol. The maximum Gasteiger partial charge on any atom is 0.346 e. The zero-order chi connectivity index (χ0) is 19.1. The Kier molecular flexibility index (Phi) is 6.60. The summed E-state index contributed by atoms with van der Waals surface area (Å²) in [6.07, 6.45) is -0.961. The molecule has 6 nitrogen and oxygen atoms in total. The van der Waals surface area contributed by atoms with E-state index in [1.165, 1.54) is 14.2 Å². The summed E-state index contributed by atoms with van der Waals surface area (Å²) in [5.41, 5.74) is 0.901. The minimum atomic E-state index is -0.961. The number of ether oxygens (including phenoxy) is 3. The normalized spacial score (nSPS) is 11.4. The smallest absolute Gasteiger partial charge is 0.346 e. The van der Waals surface area contributed by atoms with E-state index in [0.29, 0.717) is 18.0 Å². The third-order valence-electron chi connectivity index (χ3n) is 3.91. The summed E-state index contributed by atoms with van der Waals surface area (Å²) in [4.78, 5) is 26.9. The average Bonchev–Trinajstić information content (AvgIpc) is 2.68. The van der Waals surface area contributed by atoms with E-state index in [1.54, 1.807) is 30.0 Å². The van der Waals surface area contributed by atoms with Crippen molar-refractivity contribution in [3.63, 3.8) is 0 Å². The molecule has 1 amide bonds. The van der Waals surface area contributed by atoms with Gasteiger partial charge in [-0.1, -0.05) is 24.3 Å². The first kappa shape index (κ1) is 19.3. The molecule has 2 aromatic rings. The van der Waals surface area contributed by atoms with Gasteiger partial charge in [0, 0.05) is 12.2 Å². The van der Waals surface area contributed by atoms with Crippen molar-refractivity contribution in [3.8, 4) is 11.5 Å². The molecule has 138 valence electrons. The van der Waals surface area contributed by atoms with Gasteiger partial charge in [0.15, 0.2) is 6.10 Å². The second kappa shape index (κ2) is 8.89. The Balaban J connectivity index is 2.20. The molecule has 0 unspecified atom stereocenters. The lowest BCUT2D eigenvalue weighted by Crippen LogP contribution is -2.40. The van der Waals surface area contributed by atoms with E-state index in [9.17, 15) is 9.59 Å². The van der Waals surface area contributed by atoms with Gasteiger partial charge in [0.05, 0.1) is 14.2 Å². The summed E-state index contributed by atoms with van der Waals surface area (Å²) in [6.45, 7) is 3.87. The van der Waals surface area contributed by atoms with Gasteiger partial charge in [0.2, 0.25) is 0 Å². The van der Waals surface area contributed by atoms with E-state index in [4.69, 9.17) is 14.2 Å². The van der Waals surface area contributed by atoms with Crippen molar-refractivity contribution >= 4 is 17.6 Å². The van der Waals surface area contributed by atoms with Gasteiger partial charge >= 0.3 is 5.97 Å². The van der Waals surface area contributed by atoms with E-state index in [-0.39, 0.29) is 11.5 Å². The van der Waals surface area contributed by atoms with E-state index in [1.807, 2.05) is 37.3 Å². The van der Waals surface area contributed by atoms with Crippen LogP contribution in [-0.2, 0) is 9.53 Å². The zero-order valence-electron chi connectivity index (χ0n) is 15.4. The summed E-state index contributed by atoms with van der Waals surface area (Å²) in [6, 6.07) is 14.2. The zero-order valence-corrected chi connectivity index (χ0v) is 15.4. The Morgan fingerprint density at radius 3 is 2.04 bits per heavy atom. The van der Waals surface area contributed by atoms with Crippen LogP contribution in [0.4, 0.5) is 5.69 Å². The maximum absolute atomic E-state index is 12.7. The SMILES string of the molecule is CCN(C(=O)[C@H](C)OC(=O)c1c(OC)cccc1OC)c1ccccc1. The molecule has 6 heteroatoms. The third kappa shape index (κ3) is 4.14. The standard InChI is InChI=1S/C20H23NO5/c1-5-21(15-10-7-6-8-11-15)19(22)14(2)26-20(23)18-16(24-3)12-9-13-17(18)25-4/h6-14H,5H2,1-4H3/t14-/m0/s1. The van der Waals surface area contributed by atoms with E-state index in [0.717, 1.165) is 5.69 Å². The van der Waals surface area contributed by atoms with E-state index >= 15 is 0 Å². The lowest BCUT2D eigenvalue weighted by atomic mass is 10.1. The van der Waals surface area contributed by atoms with Gasteiger partial charge < -0.3 is 19.1 Å². The third-order valence-corrected chi connectivity index (χ3v) is 3.91. The van der Waals surface area contributed by atoms with Crippen LogP contribution < -0.4 is 14.4 Å². The van der Waals surface area contributed by atoms with Gasteiger partial charge in [-0.05, 0) is 38.1 Å². The van der Waals surface area contributed by atoms with E-state index < -0.39 is 12.1 Å². The lowest BCUT2D eigenvalue weighted by Gasteiger charge is -2.24. The van der Waals surface area contributed by atoms with Gasteiger partial charge in [-0.15, -0.1) is 0 Å². The van der Waals surface area contributed by atoms with Gasteiger partial charge in [0.25, 0.3) is 5.91 Å². The monoisotopic (exact) mass is 357 g/mol. The molecule has 0 aliphatic carbocycles. The lowest BCUT2D eigenvalue weighted by molar-refractivity contribution is -0.126. The molecule has 0 heterocycles.